The van der Waals surface area contributed by atoms with E-state index in [0.717, 1.165) is 19.4 Å². The van der Waals surface area contributed by atoms with E-state index in [1.54, 1.807) is 24.0 Å². The van der Waals surface area contributed by atoms with Gasteiger partial charge in [0, 0.05) is 25.8 Å². The highest BCUT2D eigenvalue weighted by molar-refractivity contribution is 5.94. The van der Waals surface area contributed by atoms with Crippen LogP contribution in [0.4, 0.5) is 0 Å². The Labute approximate surface area is 111 Å². The van der Waals surface area contributed by atoms with Crippen molar-refractivity contribution in [3.63, 3.8) is 0 Å². The molecule has 0 radical (unpaired) electrons. The largest absolute Gasteiger partial charge is 0.368 e. The Hall–Kier alpha value is -1.89. The molecular weight excluding hydrogens is 246 g/mol. The number of amides is 2. The minimum atomic E-state index is -0.505. The number of piperidine rings is 1. The number of aryl methyl sites for hydroxylation is 1. The maximum Gasteiger partial charge on any atom is 0.275 e. The fourth-order valence-corrected chi connectivity index (χ4v) is 2.31. The monoisotopic (exact) mass is 265 g/mol. The Kier molecular flexibility index (Phi) is 4.16. The van der Waals surface area contributed by atoms with Crippen molar-refractivity contribution in [2.45, 2.75) is 18.9 Å². The van der Waals surface area contributed by atoms with Crippen molar-refractivity contribution in [1.29, 1.82) is 0 Å². The molecule has 0 aromatic carbocycles. The lowest BCUT2D eigenvalue weighted by Gasteiger charge is -2.33. The maximum atomic E-state index is 12.4. The number of nitrogens with zero attached hydrogens (tertiary/aromatic N) is 3. The second-order valence-electron chi connectivity index (χ2n) is 4.77. The molecule has 1 unspecified atom stereocenters. The van der Waals surface area contributed by atoms with Gasteiger partial charge in [0.25, 0.3) is 5.91 Å². The quantitative estimate of drug-likeness (QED) is 0.738. The summed E-state index contributed by atoms with van der Waals surface area (Å²) in [5.41, 5.74) is 5.58. The molecular formula is C12H19N5O2. The third kappa shape index (κ3) is 3.31. The third-order valence-corrected chi connectivity index (χ3v) is 3.23. The molecule has 7 nitrogen and oxygen atoms in total. The van der Waals surface area contributed by atoms with Gasteiger partial charge in [-0.05, 0) is 25.5 Å². The molecule has 2 amide bonds. The van der Waals surface area contributed by atoms with E-state index in [1.807, 2.05) is 0 Å². The van der Waals surface area contributed by atoms with Crippen LogP contribution in [0, 0.1) is 0 Å². The zero-order valence-electron chi connectivity index (χ0n) is 11.0. The van der Waals surface area contributed by atoms with Crippen molar-refractivity contribution >= 4 is 11.8 Å². The van der Waals surface area contributed by atoms with Gasteiger partial charge in [-0.15, -0.1) is 0 Å². The lowest BCUT2D eigenvalue weighted by atomic mass is 10.1. The van der Waals surface area contributed by atoms with Crippen LogP contribution in [0.25, 0.3) is 0 Å². The predicted molar refractivity (Wildman–Crippen MR) is 69.3 cm³/mol. The number of hydrogen-bond donors (Lipinski definition) is 2. The SMILES string of the molecule is Cn1ccc(C(=O)N(CC(N)=O)C2CCCNC2)n1. The second-order valence-corrected chi connectivity index (χ2v) is 4.77. The summed E-state index contributed by atoms with van der Waals surface area (Å²) < 4.78 is 1.56. The molecule has 19 heavy (non-hydrogen) atoms. The van der Waals surface area contributed by atoms with Crippen molar-refractivity contribution in [1.82, 2.24) is 20.0 Å². The zero-order chi connectivity index (χ0) is 13.8. The molecule has 0 bridgehead atoms. The van der Waals surface area contributed by atoms with Gasteiger partial charge in [-0.2, -0.15) is 5.10 Å². The van der Waals surface area contributed by atoms with Gasteiger partial charge in [-0.25, -0.2) is 0 Å². The summed E-state index contributed by atoms with van der Waals surface area (Å²) in [6, 6.07) is 1.64. The fraction of sp³-hybridized carbons (Fsp3) is 0.583. The summed E-state index contributed by atoms with van der Waals surface area (Å²) in [6.45, 7) is 1.56. The highest BCUT2D eigenvalue weighted by Gasteiger charge is 2.28. The first kappa shape index (κ1) is 13.5. The van der Waals surface area contributed by atoms with Gasteiger partial charge in [0.15, 0.2) is 0 Å². The highest BCUT2D eigenvalue weighted by Crippen LogP contribution is 2.13. The van der Waals surface area contributed by atoms with Crippen LogP contribution >= 0.6 is 0 Å². The average Bonchev–Trinajstić information content (AvgIpc) is 2.83. The van der Waals surface area contributed by atoms with Gasteiger partial charge in [0.2, 0.25) is 5.91 Å². The normalized spacial score (nSPS) is 19.1. The fourth-order valence-electron chi connectivity index (χ4n) is 2.31. The molecule has 7 heteroatoms. The molecule has 1 saturated heterocycles. The number of aromatic nitrogens is 2. The number of carbonyl (C=O) groups excluding carboxylic acids is 2. The summed E-state index contributed by atoms with van der Waals surface area (Å²) in [6.07, 6.45) is 3.56. The molecule has 2 heterocycles. The van der Waals surface area contributed by atoms with Crippen molar-refractivity contribution in [2.75, 3.05) is 19.6 Å². The Balaban J connectivity index is 2.16. The van der Waals surface area contributed by atoms with Gasteiger partial charge in [-0.1, -0.05) is 0 Å². The second kappa shape index (κ2) is 5.83. The number of nitrogens with one attached hydrogen (secondary N) is 1. The van der Waals surface area contributed by atoms with E-state index in [4.69, 9.17) is 5.73 Å². The van der Waals surface area contributed by atoms with Crippen LogP contribution in [0.5, 0.6) is 0 Å². The molecule has 1 aliphatic heterocycles. The molecule has 1 atom stereocenters. The Bertz CT molecular complexity index is 464. The lowest BCUT2D eigenvalue weighted by molar-refractivity contribution is -0.119. The lowest BCUT2D eigenvalue weighted by Crippen LogP contribution is -2.51. The van der Waals surface area contributed by atoms with E-state index < -0.39 is 5.91 Å². The number of carbonyl (C=O) groups is 2. The van der Waals surface area contributed by atoms with Gasteiger partial charge < -0.3 is 16.0 Å². The molecule has 3 N–H and O–H groups in total. The summed E-state index contributed by atoms with van der Waals surface area (Å²) in [4.78, 5) is 25.1. The number of rotatable bonds is 4. The number of nitrogens with two attached hydrogens (primary N) is 1. The summed E-state index contributed by atoms with van der Waals surface area (Å²) >= 11 is 0. The molecule has 0 spiro atoms. The molecule has 1 fully saturated rings. The van der Waals surface area contributed by atoms with Crippen molar-refractivity contribution < 1.29 is 9.59 Å². The van der Waals surface area contributed by atoms with Gasteiger partial charge >= 0.3 is 0 Å². The van der Waals surface area contributed by atoms with Crippen LogP contribution in [-0.4, -0.2) is 52.2 Å². The molecule has 1 aromatic heterocycles. The van der Waals surface area contributed by atoms with Crippen LogP contribution in [-0.2, 0) is 11.8 Å². The van der Waals surface area contributed by atoms with Crippen molar-refractivity contribution in [3.8, 4) is 0 Å². The van der Waals surface area contributed by atoms with E-state index in [0.29, 0.717) is 12.2 Å². The van der Waals surface area contributed by atoms with Crippen molar-refractivity contribution in [3.05, 3.63) is 18.0 Å². The zero-order valence-corrected chi connectivity index (χ0v) is 11.0. The van der Waals surface area contributed by atoms with Gasteiger partial charge in [0.05, 0.1) is 0 Å². The first-order valence-corrected chi connectivity index (χ1v) is 6.37. The number of hydrogen-bond acceptors (Lipinski definition) is 4. The number of primary amides is 1. The first-order chi connectivity index (χ1) is 9.08. The van der Waals surface area contributed by atoms with E-state index >= 15 is 0 Å². The molecule has 0 saturated carbocycles. The van der Waals surface area contributed by atoms with Crippen LogP contribution in [0.15, 0.2) is 12.3 Å². The van der Waals surface area contributed by atoms with Crippen LogP contribution in [0.3, 0.4) is 0 Å². The van der Waals surface area contributed by atoms with E-state index in [2.05, 4.69) is 10.4 Å². The minimum Gasteiger partial charge on any atom is -0.368 e. The molecule has 0 aliphatic carbocycles. The summed E-state index contributed by atoms with van der Waals surface area (Å²) in [7, 11) is 1.75. The molecule has 104 valence electrons. The van der Waals surface area contributed by atoms with E-state index in [1.165, 1.54) is 4.90 Å². The standard InChI is InChI=1S/C12H19N5O2/c1-16-6-4-10(15-16)12(19)17(8-11(13)18)9-3-2-5-14-7-9/h4,6,9,14H,2-3,5,7-8H2,1H3,(H2,13,18). The molecule has 1 aliphatic rings. The Morgan fingerprint density at radius 3 is 2.95 bits per heavy atom. The first-order valence-electron chi connectivity index (χ1n) is 6.37. The Morgan fingerprint density at radius 1 is 1.63 bits per heavy atom. The van der Waals surface area contributed by atoms with E-state index in [9.17, 15) is 9.59 Å². The van der Waals surface area contributed by atoms with Crippen LogP contribution in [0.2, 0.25) is 0 Å². The van der Waals surface area contributed by atoms with E-state index in [-0.39, 0.29) is 18.5 Å². The molecule has 2 rings (SSSR count). The minimum absolute atomic E-state index is 0.00393. The summed E-state index contributed by atoms with van der Waals surface area (Å²) in [5.74, 6) is -0.747. The smallest absolute Gasteiger partial charge is 0.275 e. The third-order valence-electron chi connectivity index (χ3n) is 3.23. The summed E-state index contributed by atoms with van der Waals surface area (Å²) in [5, 5.41) is 7.32. The predicted octanol–water partition coefficient (Wildman–Crippen LogP) is -0.900. The van der Waals surface area contributed by atoms with Crippen LogP contribution < -0.4 is 11.1 Å². The topological polar surface area (TPSA) is 93.3 Å². The van der Waals surface area contributed by atoms with Crippen molar-refractivity contribution in [2.24, 2.45) is 12.8 Å². The maximum absolute atomic E-state index is 12.4. The average molecular weight is 265 g/mol. The Morgan fingerprint density at radius 2 is 2.42 bits per heavy atom. The van der Waals surface area contributed by atoms with Gasteiger partial charge in [0.1, 0.15) is 12.2 Å². The molecule has 1 aromatic rings. The van der Waals surface area contributed by atoms with Gasteiger partial charge in [-0.3, -0.25) is 14.3 Å². The van der Waals surface area contributed by atoms with Crippen LogP contribution in [0.1, 0.15) is 23.3 Å². The highest BCUT2D eigenvalue weighted by atomic mass is 16.2.